The van der Waals surface area contributed by atoms with Gasteiger partial charge in [-0.05, 0) is 55.0 Å². The molecule has 3 aromatic rings. The lowest BCUT2D eigenvalue weighted by Crippen LogP contribution is -2.34. The van der Waals surface area contributed by atoms with Gasteiger partial charge in [0.2, 0.25) is 10.0 Å². The minimum absolute atomic E-state index is 0.0748. The molecule has 0 aliphatic rings. The van der Waals surface area contributed by atoms with Crippen molar-refractivity contribution in [3.8, 4) is 5.75 Å². The van der Waals surface area contributed by atoms with Crippen LogP contribution in [0.1, 0.15) is 16.7 Å². The van der Waals surface area contributed by atoms with Crippen molar-refractivity contribution in [2.24, 2.45) is 5.10 Å². The molecule has 3 rings (SSSR count). The van der Waals surface area contributed by atoms with Crippen LogP contribution in [0.5, 0.6) is 5.75 Å². The van der Waals surface area contributed by atoms with Crippen LogP contribution in [-0.2, 0) is 21.4 Å². The molecule has 0 radical (unpaired) electrons. The van der Waals surface area contributed by atoms with Gasteiger partial charge in [-0.1, -0.05) is 45.8 Å². The molecular weight excluding hydrogens is 513 g/mol. The summed E-state index contributed by atoms with van der Waals surface area (Å²) in [7, 11) is -3.80. The van der Waals surface area contributed by atoms with Crippen molar-refractivity contribution in [1.82, 2.24) is 10.1 Å². The van der Waals surface area contributed by atoms with E-state index in [2.05, 4.69) is 31.2 Å². The van der Waals surface area contributed by atoms with Crippen LogP contribution in [0.4, 0.5) is 4.39 Å². The number of hydrazone groups is 1. The second-order valence-corrected chi connectivity index (χ2v) is 9.65. The molecule has 0 unspecified atom stereocenters. The van der Waals surface area contributed by atoms with Crippen molar-refractivity contribution < 1.29 is 22.3 Å². The number of carbonyl (C=O) groups is 1. The first-order valence-electron chi connectivity index (χ1n) is 9.78. The Labute approximate surface area is 199 Å². The standard InChI is InChI=1S/C23H21BrFN3O4S/c1-16-2-9-21(10-3-16)33(30,31)27-14-23(29)28-26-13-18-12-20(8-11-22(18)24)32-15-17-4-6-19(25)7-5-17/h2-13,27H,14-15H2,1H3,(H,28,29). The molecule has 0 saturated carbocycles. The number of ether oxygens (including phenoxy) is 1. The Kier molecular flexibility index (Phi) is 8.32. The second kappa shape index (κ2) is 11.2. The smallest absolute Gasteiger partial charge is 0.255 e. The maximum absolute atomic E-state index is 13.0. The number of hydrogen-bond donors (Lipinski definition) is 2. The molecule has 3 aromatic carbocycles. The SMILES string of the molecule is Cc1ccc(S(=O)(=O)NCC(=O)NN=Cc2cc(OCc3ccc(F)cc3)ccc2Br)cc1. The van der Waals surface area contributed by atoms with Crippen molar-refractivity contribution in [1.29, 1.82) is 0 Å². The molecule has 33 heavy (non-hydrogen) atoms. The van der Waals surface area contributed by atoms with E-state index in [9.17, 15) is 17.6 Å². The second-order valence-electron chi connectivity index (χ2n) is 7.03. The molecule has 0 bridgehead atoms. The van der Waals surface area contributed by atoms with Crippen LogP contribution in [0.3, 0.4) is 0 Å². The Balaban J connectivity index is 1.53. The predicted molar refractivity (Wildman–Crippen MR) is 127 cm³/mol. The molecule has 10 heteroatoms. The van der Waals surface area contributed by atoms with Crippen LogP contribution in [0.2, 0.25) is 0 Å². The van der Waals surface area contributed by atoms with E-state index in [4.69, 9.17) is 4.74 Å². The van der Waals surface area contributed by atoms with Gasteiger partial charge in [0.05, 0.1) is 17.7 Å². The number of rotatable bonds is 9. The minimum atomic E-state index is -3.80. The van der Waals surface area contributed by atoms with Gasteiger partial charge in [0.1, 0.15) is 18.2 Å². The summed E-state index contributed by atoms with van der Waals surface area (Å²) in [5.41, 5.74) is 4.65. The Morgan fingerprint density at radius 1 is 1.09 bits per heavy atom. The molecule has 7 nitrogen and oxygen atoms in total. The van der Waals surface area contributed by atoms with Crippen LogP contribution in [-0.4, -0.2) is 27.1 Å². The molecule has 0 aliphatic heterocycles. The number of sulfonamides is 1. The number of benzene rings is 3. The van der Waals surface area contributed by atoms with Crippen LogP contribution >= 0.6 is 15.9 Å². The van der Waals surface area contributed by atoms with E-state index >= 15 is 0 Å². The highest BCUT2D eigenvalue weighted by Gasteiger charge is 2.15. The highest BCUT2D eigenvalue weighted by molar-refractivity contribution is 9.10. The van der Waals surface area contributed by atoms with Crippen molar-refractivity contribution in [3.63, 3.8) is 0 Å². The predicted octanol–water partition coefficient (Wildman–Crippen LogP) is 3.90. The molecule has 0 spiro atoms. The molecule has 2 N–H and O–H groups in total. The first kappa shape index (κ1) is 24.6. The van der Waals surface area contributed by atoms with E-state index in [1.165, 1.54) is 30.5 Å². The number of amides is 1. The van der Waals surface area contributed by atoms with E-state index in [1.807, 2.05) is 6.92 Å². The van der Waals surface area contributed by atoms with E-state index in [1.54, 1.807) is 42.5 Å². The maximum atomic E-state index is 13.0. The fourth-order valence-corrected chi connectivity index (χ4v) is 3.96. The monoisotopic (exact) mass is 533 g/mol. The summed E-state index contributed by atoms with van der Waals surface area (Å²) in [6.07, 6.45) is 1.40. The molecule has 0 aromatic heterocycles. The molecule has 1 amide bonds. The van der Waals surface area contributed by atoms with Gasteiger partial charge in [0.15, 0.2) is 0 Å². The summed E-state index contributed by atoms with van der Waals surface area (Å²) in [6.45, 7) is 1.65. The van der Waals surface area contributed by atoms with Crippen LogP contribution in [0, 0.1) is 12.7 Å². The average molecular weight is 534 g/mol. The first-order valence-corrected chi connectivity index (χ1v) is 12.1. The lowest BCUT2D eigenvalue weighted by molar-refractivity contribution is -0.119. The molecule has 0 fully saturated rings. The van der Waals surface area contributed by atoms with Crippen LogP contribution < -0.4 is 14.9 Å². The summed E-state index contributed by atoms with van der Waals surface area (Å²) >= 11 is 3.40. The van der Waals surface area contributed by atoms with Crippen molar-refractivity contribution >= 4 is 38.1 Å². The quantitative estimate of drug-likeness (QED) is 0.322. The lowest BCUT2D eigenvalue weighted by atomic mass is 10.2. The van der Waals surface area contributed by atoms with Gasteiger partial charge >= 0.3 is 0 Å². The van der Waals surface area contributed by atoms with Gasteiger partial charge in [-0.2, -0.15) is 5.10 Å². The number of carbonyl (C=O) groups excluding carboxylic acids is 1. The third-order valence-electron chi connectivity index (χ3n) is 4.43. The Morgan fingerprint density at radius 3 is 2.48 bits per heavy atom. The van der Waals surface area contributed by atoms with E-state index in [0.717, 1.165) is 15.6 Å². The summed E-state index contributed by atoms with van der Waals surface area (Å²) in [6, 6.07) is 17.5. The van der Waals surface area contributed by atoms with E-state index in [0.29, 0.717) is 11.3 Å². The molecule has 0 aliphatic carbocycles. The highest BCUT2D eigenvalue weighted by Crippen LogP contribution is 2.22. The Hall–Kier alpha value is -3.08. The zero-order chi connectivity index (χ0) is 23.8. The summed E-state index contributed by atoms with van der Waals surface area (Å²) in [5.74, 6) is -0.381. The number of nitrogens with one attached hydrogen (secondary N) is 2. The van der Waals surface area contributed by atoms with Gasteiger partial charge in [0.25, 0.3) is 5.91 Å². The zero-order valence-corrected chi connectivity index (χ0v) is 20.0. The Morgan fingerprint density at radius 2 is 1.79 bits per heavy atom. The van der Waals surface area contributed by atoms with E-state index in [-0.39, 0.29) is 17.3 Å². The van der Waals surface area contributed by atoms with Gasteiger partial charge in [-0.15, -0.1) is 0 Å². The van der Waals surface area contributed by atoms with Crippen molar-refractivity contribution in [2.45, 2.75) is 18.4 Å². The van der Waals surface area contributed by atoms with Crippen LogP contribution in [0.25, 0.3) is 0 Å². The summed E-state index contributed by atoms with van der Waals surface area (Å²) < 4.78 is 46.1. The van der Waals surface area contributed by atoms with Gasteiger partial charge in [-0.3, -0.25) is 4.79 Å². The maximum Gasteiger partial charge on any atom is 0.255 e. The number of aryl methyl sites for hydroxylation is 1. The third kappa shape index (κ3) is 7.48. The molecule has 0 heterocycles. The summed E-state index contributed by atoms with van der Waals surface area (Å²) in [4.78, 5) is 12.1. The molecule has 0 saturated heterocycles. The van der Waals surface area contributed by atoms with Gasteiger partial charge < -0.3 is 4.74 Å². The van der Waals surface area contributed by atoms with Crippen LogP contribution in [0.15, 0.2) is 81.2 Å². The fraction of sp³-hybridized carbons (Fsp3) is 0.130. The van der Waals surface area contributed by atoms with Gasteiger partial charge in [-0.25, -0.2) is 23.0 Å². The highest BCUT2D eigenvalue weighted by atomic mass is 79.9. The van der Waals surface area contributed by atoms with E-state index < -0.39 is 22.5 Å². The minimum Gasteiger partial charge on any atom is -0.489 e. The Bertz CT molecular complexity index is 1250. The lowest BCUT2D eigenvalue weighted by Gasteiger charge is -2.08. The normalized spacial score (nSPS) is 11.5. The fourth-order valence-electron chi connectivity index (χ4n) is 2.63. The topological polar surface area (TPSA) is 96.9 Å². The van der Waals surface area contributed by atoms with Crippen molar-refractivity contribution in [2.75, 3.05) is 6.54 Å². The average Bonchev–Trinajstić information content (AvgIpc) is 2.79. The third-order valence-corrected chi connectivity index (χ3v) is 6.57. The first-order chi connectivity index (χ1) is 15.7. The largest absolute Gasteiger partial charge is 0.489 e. The molecule has 172 valence electrons. The number of halogens is 2. The van der Waals surface area contributed by atoms with Gasteiger partial charge in [0, 0.05) is 10.0 Å². The molecular formula is C23H21BrFN3O4S. The number of hydrogen-bond acceptors (Lipinski definition) is 5. The summed E-state index contributed by atoms with van der Waals surface area (Å²) in [5, 5.41) is 3.87. The zero-order valence-electron chi connectivity index (χ0n) is 17.6. The number of nitrogens with zero attached hydrogens (tertiary/aromatic N) is 1. The van der Waals surface area contributed by atoms with Crippen molar-refractivity contribution in [3.05, 3.63) is 93.7 Å². The molecule has 0 atom stereocenters.